The lowest BCUT2D eigenvalue weighted by Crippen LogP contribution is -2.55. The normalized spacial score (nSPS) is 15.0. The molecule has 7 heteroatoms. The Morgan fingerprint density at radius 2 is 0.929 bits per heavy atom. The standard InChI is InChI=1S/C63H31BN4O2/c1-5-25-43-31(13-1)33-17-9-21-39-57(33)65(43)45-29-49-51(35-15-3-7-27-47(35)69-49)53-37-19-10-22-40-58(37)67(61(39)55(45)53)62-41-23-11-20-38-54-52-36-16-4-8-28-48(36)70-50(52)30-46-56(54)64(68(59(38)41)63(40)62)42-24-12-18-34-32-14-2-6-26-44(32)66(46)60(34)42/h1-30,61H. The zero-order valence-electron chi connectivity index (χ0n) is 37.1. The number of benzene rings is 10. The van der Waals surface area contributed by atoms with Crippen LogP contribution in [-0.2, 0) is 0 Å². The predicted octanol–water partition coefficient (Wildman–Crippen LogP) is 14.6. The van der Waals surface area contributed by atoms with E-state index in [1.54, 1.807) is 0 Å². The first kappa shape index (κ1) is 34.1. The number of fused-ring (bicyclic) bond motifs is 27. The smallest absolute Gasteiger partial charge is 0.333 e. The highest BCUT2D eigenvalue weighted by molar-refractivity contribution is 6.90. The van der Waals surface area contributed by atoms with Crippen molar-refractivity contribution in [2.24, 2.45) is 0 Å². The van der Waals surface area contributed by atoms with E-state index < -0.39 is 0 Å². The summed E-state index contributed by atoms with van der Waals surface area (Å²) in [7, 11) is 0. The molecule has 4 aliphatic rings. The third-order valence-corrected chi connectivity index (χ3v) is 17.3. The highest BCUT2D eigenvalue weighted by Gasteiger charge is 2.46. The molecule has 1 unspecified atom stereocenters. The van der Waals surface area contributed by atoms with E-state index in [4.69, 9.17) is 8.83 Å². The molecule has 0 radical (unpaired) electrons. The van der Waals surface area contributed by atoms with Crippen LogP contribution in [0.3, 0.4) is 0 Å². The topological polar surface area (TPSA) is 46.0 Å². The Bertz CT molecular complexity index is 4950. The molecule has 0 aliphatic carbocycles. The minimum absolute atomic E-state index is 0.123. The van der Waals surface area contributed by atoms with Crippen molar-refractivity contribution in [1.29, 1.82) is 0 Å². The summed E-state index contributed by atoms with van der Waals surface area (Å²) in [5.74, 6) is 0. The summed E-state index contributed by atoms with van der Waals surface area (Å²) in [6, 6.07) is 67.9. The zero-order chi connectivity index (χ0) is 44.6. The van der Waals surface area contributed by atoms with Crippen LogP contribution in [0.15, 0.2) is 191 Å². The molecule has 0 bridgehead atoms. The second-order valence-electron chi connectivity index (χ2n) is 20.1. The molecule has 0 amide bonds. The second-order valence-corrected chi connectivity index (χ2v) is 20.1. The van der Waals surface area contributed by atoms with Crippen LogP contribution in [-0.4, -0.2) is 25.0 Å². The van der Waals surface area contributed by atoms with Gasteiger partial charge in [0.25, 0.3) is 0 Å². The maximum absolute atomic E-state index is 6.91. The Kier molecular flexibility index (Phi) is 5.39. The van der Waals surface area contributed by atoms with Crippen molar-refractivity contribution in [2.75, 3.05) is 0 Å². The van der Waals surface area contributed by atoms with Gasteiger partial charge in [-0.15, -0.1) is 0 Å². The van der Waals surface area contributed by atoms with Gasteiger partial charge in [-0.2, -0.15) is 0 Å². The summed E-state index contributed by atoms with van der Waals surface area (Å²) in [5.41, 5.74) is 26.4. The van der Waals surface area contributed by atoms with Gasteiger partial charge in [-0.05, 0) is 40.8 Å². The molecule has 0 fully saturated rings. The van der Waals surface area contributed by atoms with Crippen molar-refractivity contribution in [3.8, 4) is 33.6 Å². The van der Waals surface area contributed by atoms with Gasteiger partial charge in [0, 0.05) is 105 Å². The van der Waals surface area contributed by atoms with Gasteiger partial charge in [0.2, 0.25) is 0 Å². The first-order valence-corrected chi connectivity index (χ1v) is 24.4. The van der Waals surface area contributed by atoms with Crippen LogP contribution in [0.5, 0.6) is 0 Å². The molecule has 0 saturated carbocycles. The summed E-state index contributed by atoms with van der Waals surface area (Å²) in [5, 5.41) is 12.3. The number of furan rings is 2. The molecule has 0 saturated heterocycles. The van der Waals surface area contributed by atoms with Gasteiger partial charge in [0.15, 0.2) is 0 Å². The van der Waals surface area contributed by atoms with Gasteiger partial charge >= 0.3 is 6.85 Å². The maximum atomic E-state index is 6.91. The Hall–Kier alpha value is -9.20. The van der Waals surface area contributed by atoms with Gasteiger partial charge in [-0.1, -0.05) is 146 Å². The third-order valence-electron chi connectivity index (χ3n) is 17.3. The van der Waals surface area contributed by atoms with Crippen LogP contribution in [0.4, 0.5) is 0 Å². The predicted molar refractivity (Wildman–Crippen MR) is 287 cm³/mol. The number of aromatic nitrogens is 4. The lowest BCUT2D eigenvalue weighted by molar-refractivity contribution is 0.666. The number of rotatable bonds is 0. The summed E-state index contributed by atoms with van der Waals surface area (Å²) < 4.78 is 24.5. The Morgan fingerprint density at radius 1 is 0.386 bits per heavy atom. The molecule has 70 heavy (non-hydrogen) atoms. The van der Waals surface area contributed by atoms with Gasteiger partial charge in [0.05, 0.1) is 50.3 Å². The van der Waals surface area contributed by atoms with Crippen molar-refractivity contribution in [3.63, 3.8) is 0 Å². The van der Waals surface area contributed by atoms with Gasteiger partial charge in [0.1, 0.15) is 22.3 Å². The van der Waals surface area contributed by atoms with E-state index >= 15 is 0 Å². The monoisotopic (exact) mass is 886 g/mol. The number of hydrogen-bond donors (Lipinski definition) is 0. The lowest BCUT2D eigenvalue weighted by Gasteiger charge is -2.36. The van der Waals surface area contributed by atoms with E-state index in [2.05, 4.69) is 200 Å². The largest absolute Gasteiger partial charge is 0.456 e. The fraction of sp³-hybridized carbons (Fsp3) is 0.0159. The molecule has 0 spiro atoms. The number of para-hydroxylation sites is 8. The average Bonchev–Trinajstić information content (AvgIpc) is 4.29. The molecule has 6 nitrogen and oxygen atoms in total. The minimum Gasteiger partial charge on any atom is -0.456 e. The van der Waals surface area contributed by atoms with Crippen LogP contribution in [0.25, 0.3) is 154 Å². The van der Waals surface area contributed by atoms with Crippen LogP contribution < -0.4 is 10.9 Å². The first-order valence-electron chi connectivity index (χ1n) is 24.4. The van der Waals surface area contributed by atoms with E-state index in [1.807, 2.05) is 0 Å². The summed E-state index contributed by atoms with van der Waals surface area (Å²) >= 11 is 0. The molecule has 10 heterocycles. The third kappa shape index (κ3) is 3.45. The van der Waals surface area contributed by atoms with Crippen molar-refractivity contribution < 1.29 is 8.83 Å². The van der Waals surface area contributed by atoms with Crippen LogP contribution in [0.1, 0.15) is 17.2 Å². The van der Waals surface area contributed by atoms with Crippen molar-refractivity contribution in [2.45, 2.75) is 6.04 Å². The van der Waals surface area contributed by atoms with Gasteiger partial charge < -0.3 is 27.0 Å². The van der Waals surface area contributed by atoms with Crippen molar-refractivity contribution in [1.82, 2.24) is 18.2 Å². The molecule has 1 atom stereocenters. The summed E-state index contributed by atoms with van der Waals surface area (Å²) in [6.45, 7) is -0.123. The summed E-state index contributed by atoms with van der Waals surface area (Å²) in [4.78, 5) is 0. The molecule has 318 valence electrons. The Labute approximate surface area is 396 Å². The second kappa shape index (κ2) is 11.0. The van der Waals surface area contributed by atoms with Crippen LogP contribution >= 0.6 is 0 Å². The van der Waals surface area contributed by atoms with Gasteiger partial charge in [-0.25, -0.2) is 0 Å². The van der Waals surface area contributed by atoms with E-state index in [-0.39, 0.29) is 12.9 Å². The Balaban J connectivity index is 1.04. The molecular formula is C63H31BN4O2. The quantitative estimate of drug-likeness (QED) is 0.142. The minimum atomic E-state index is -0.123. The maximum Gasteiger partial charge on any atom is 0.333 e. The number of nitrogens with zero attached hydrogens (tertiary/aromatic N) is 4. The molecule has 20 rings (SSSR count). The molecule has 16 aromatic rings. The molecule has 4 aliphatic heterocycles. The van der Waals surface area contributed by atoms with E-state index in [9.17, 15) is 0 Å². The fourth-order valence-electron chi connectivity index (χ4n) is 15.0. The van der Waals surface area contributed by atoms with E-state index in [1.165, 1.54) is 143 Å². The highest BCUT2D eigenvalue weighted by Crippen LogP contribution is 2.59. The van der Waals surface area contributed by atoms with Gasteiger partial charge in [-0.3, -0.25) is 0 Å². The molecule has 10 aromatic carbocycles. The van der Waals surface area contributed by atoms with Crippen molar-refractivity contribution in [3.05, 3.63) is 193 Å². The van der Waals surface area contributed by atoms with Crippen molar-refractivity contribution >= 4 is 138 Å². The average molecular weight is 887 g/mol. The van der Waals surface area contributed by atoms with Crippen LogP contribution in [0, 0.1) is 0 Å². The Morgan fingerprint density at radius 3 is 1.66 bits per heavy atom. The highest BCUT2D eigenvalue weighted by atomic mass is 16.3. The van der Waals surface area contributed by atoms with Crippen LogP contribution in [0.2, 0.25) is 0 Å². The number of hydrogen-bond acceptors (Lipinski definition) is 2. The fourth-order valence-corrected chi connectivity index (χ4v) is 15.0. The lowest BCUT2D eigenvalue weighted by atomic mass is 9.45. The SMILES string of the molecule is c1ccc2c(c1)oc1cc3c4c(c12)-c1cccc2c1n(c1c5cccc6c5n(c21)C1c2c(cc5oc7ccccc7c5c2-6)-n2c5ccccc5c5cccc1c52)B4c1cccc2c4ccccc4n-3c12. The van der Waals surface area contributed by atoms with E-state index in [0.29, 0.717) is 0 Å². The first-order chi connectivity index (χ1) is 34.8. The molecule has 6 aromatic heterocycles. The zero-order valence-corrected chi connectivity index (χ0v) is 37.1. The van der Waals surface area contributed by atoms with E-state index in [0.717, 1.165) is 33.1 Å². The summed E-state index contributed by atoms with van der Waals surface area (Å²) in [6.07, 6.45) is 0. The molecular weight excluding hydrogens is 856 g/mol. The molecule has 0 N–H and O–H groups in total.